The van der Waals surface area contributed by atoms with Gasteiger partial charge < -0.3 is 9.80 Å². The molecule has 0 aromatic carbocycles. The van der Waals surface area contributed by atoms with Gasteiger partial charge in [0, 0.05) is 37.8 Å². The number of hydrogen-bond donors (Lipinski definition) is 0. The summed E-state index contributed by atoms with van der Waals surface area (Å²) in [7, 11) is 1.92. The van der Waals surface area contributed by atoms with E-state index in [-0.39, 0.29) is 11.8 Å². The molecule has 1 aromatic heterocycles. The van der Waals surface area contributed by atoms with Gasteiger partial charge in [0.15, 0.2) is 5.69 Å². The van der Waals surface area contributed by atoms with E-state index in [0.29, 0.717) is 24.2 Å². The molecule has 134 valence electrons. The van der Waals surface area contributed by atoms with Crippen LogP contribution in [0.15, 0.2) is 6.07 Å². The minimum atomic E-state index is -0.602. The van der Waals surface area contributed by atoms with Gasteiger partial charge in [-0.2, -0.15) is 5.10 Å². The Labute approximate surface area is 148 Å². The van der Waals surface area contributed by atoms with Gasteiger partial charge in [-0.25, -0.2) is 0 Å². The summed E-state index contributed by atoms with van der Waals surface area (Å²) in [5.41, 5.74) is 1.07. The number of hydrogen-bond acceptors (Lipinski definition) is 3. The summed E-state index contributed by atoms with van der Waals surface area (Å²) in [6, 6.07) is 2.39. The topological polar surface area (TPSA) is 58.4 Å². The minimum absolute atomic E-state index is 0.0500. The zero-order valence-electron chi connectivity index (χ0n) is 14.9. The first kappa shape index (κ1) is 15.4. The van der Waals surface area contributed by atoms with Crippen molar-refractivity contribution in [1.82, 2.24) is 19.6 Å². The fourth-order valence-corrected chi connectivity index (χ4v) is 4.89. The standard InChI is InChI=1S/C19H26N4O2/c1-21-16(13-4-5-13)12-15(20-21)17(24)23-11-3-9-19(23)8-2-10-22(18(19)25)14-6-7-14/h12-14H,2-11H2,1H3. The highest BCUT2D eigenvalue weighted by molar-refractivity contribution is 5.99. The summed E-state index contributed by atoms with van der Waals surface area (Å²) in [4.78, 5) is 30.4. The molecule has 0 bridgehead atoms. The van der Waals surface area contributed by atoms with E-state index in [1.54, 1.807) is 0 Å². The van der Waals surface area contributed by atoms with Crippen LogP contribution in [0.25, 0.3) is 0 Å². The van der Waals surface area contributed by atoms with Gasteiger partial charge in [0.2, 0.25) is 5.91 Å². The maximum absolute atomic E-state index is 13.3. The predicted octanol–water partition coefficient (Wildman–Crippen LogP) is 2.06. The van der Waals surface area contributed by atoms with Gasteiger partial charge >= 0.3 is 0 Å². The molecule has 0 N–H and O–H groups in total. The Morgan fingerprint density at radius 1 is 1.16 bits per heavy atom. The summed E-state index contributed by atoms with van der Waals surface area (Å²) in [6.07, 6.45) is 8.17. The molecule has 1 unspecified atom stereocenters. The third-order valence-corrected chi connectivity index (χ3v) is 6.50. The third kappa shape index (κ3) is 2.33. The largest absolute Gasteiger partial charge is 0.338 e. The summed E-state index contributed by atoms with van der Waals surface area (Å²) < 4.78 is 1.85. The van der Waals surface area contributed by atoms with Crippen LogP contribution >= 0.6 is 0 Å². The maximum Gasteiger partial charge on any atom is 0.275 e. The van der Waals surface area contributed by atoms with Gasteiger partial charge in [-0.05, 0) is 57.4 Å². The Bertz CT molecular complexity index is 734. The Morgan fingerprint density at radius 2 is 1.88 bits per heavy atom. The monoisotopic (exact) mass is 342 g/mol. The fraction of sp³-hybridized carbons (Fsp3) is 0.737. The van der Waals surface area contributed by atoms with Crippen LogP contribution in [0.5, 0.6) is 0 Å². The quantitative estimate of drug-likeness (QED) is 0.845. The van der Waals surface area contributed by atoms with Crippen molar-refractivity contribution in [2.24, 2.45) is 7.05 Å². The van der Waals surface area contributed by atoms with Crippen molar-refractivity contribution in [3.8, 4) is 0 Å². The molecule has 2 aliphatic carbocycles. The minimum Gasteiger partial charge on any atom is -0.338 e. The first-order valence-corrected chi connectivity index (χ1v) is 9.77. The van der Waals surface area contributed by atoms with E-state index in [0.717, 1.165) is 50.8 Å². The van der Waals surface area contributed by atoms with Crippen LogP contribution in [0.1, 0.15) is 73.5 Å². The van der Waals surface area contributed by atoms with E-state index in [9.17, 15) is 9.59 Å². The average molecular weight is 342 g/mol. The zero-order valence-corrected chi connectivity index (χ0v) is 14.9. The lowest BCUT2D eigenvalue weighted by Gasteiger charge is -2.44. The molecule has 1 aromatic rings. The van der Waals surface area contributed by atoms with Gasteiger partial charge in [-0.1, -0.05) is 0 Å². The second kappa shape index (κ2) is 5.32. The van der Waals surface area contributed by atoms with Crippen molar-refractivity contribution in [3.05, 3.63) is 17.5 Å². The zero-order chi connectivity index (χ0) is 17.2. The van der Waals surface area contributed by atoms with E-state index in [4.69, 9.17) is 0 Å². The highest BCUT2D eigenvalue weighted by Crippen LogP contribution is 2.43. The molecule has 25 heavy (non-hydrogen) atoms. The van der Waals surface area contributed by atoms with Crippen molar-refractivity contribution < 1.29 is 9.59 Å². The number of amides is 2. The Morgan fingerprint density at radius 3 is 2.56 bits per heavy atom. The molecular weight excluding hydrogens is 316 g/mol. The molecule has 1 spiro atoms. The lowest BCUT2D eigenvalue weighted by atomic mass is 9.85. The van der Waals surface area contributed by atoms with Crippen LogP contribution < -0.4 is 0 Å². The molecule has 2 amide bonds. The van der Waals surface area contributed by atoms with Crippen LogP contribution in [0.3, 0.4) is 0 Å². The number of aromatic nitrogens is 2. The van der Waals surface area contributed by atoms with Gasteiger partial charge in [0.1, 0.15) is 5.54 Å². The average Bonchev–Trinajstić information content (AvgIpc) is 3.53. The molecule has 4 aliphatic rings. The second-order valence-corrected chi connectivity index (χ2v) is 8.28. The first-order valence-electron chi connectivity index (χ1n) is 9.77. The Hall–Kier alpha value is -1.85. The van der Waals surface area contributed by atoms with Gasteiger partial charge in [0.05, 0.1) is 0 Å². The molecule has 2 saturated carbocycles. The van der Waals surface area contributed by atoms with Crippen molar-refractivity contribution in [2.45, 2.75) is 68.9 Å². The van der Waals surface area contributed by atoms with Crippen molar-refractivity contribution in [2.75, 3.05) is 13.1 Å². The van der Waals surface area contributed by atoms with E-state index in [1.807, 2.05) is 22.7 Å². The molecule has 3 heterocycles. The number of aryl methyl sites for hydroxylation is 1. The number of piperidine rings is 1. The number of carbonyl (C=O) groups excluding carboxylic acids is 2. The van der Waals surface area contributed by atoms with E-state index in [2.05, 4.69) is 10.00 Å². The smallest absolute Gasteiger partial charge is 0.275 e. The first-order chi connectivity index (χ1) is 12.1. The third-order valence-electron chi connectivity index (χ3n) is 6.50. The van der Waals surface area contributed by atoms with Crippen LogP contribution in [-0.4, -0.2) is 56.1 Å². The molecule has 6 nitrogen and oxygen atoms in total. The molecule has 2 aliphatic heterocycles. The van der Waals surface area contributed by atoms with Gasteiger partial charge in [0.25, 0.3) is 5.91 Å². The summed E-state index contributed by atoms with van der Waals surface area (Å²) in [6.45, 7) is 1.54. The SMILES string of the molecule is Cn1nc(C(=O)N2CCCC23CCCN(C2CC2)C3=O)cc1C1CC1. The van der Waals surface area contributed by atoms with Gasteiger partial charge in [-0.3, -0.25) is 14.3 Å². The van der Waals surface area contributed by atoms with Crippen LogP contribution in [0, 0.1) is 0 Å². The predicted molar refractivity (Wildman–Crippen MR) is 92.2 cm³/mol. The van der Waals surface area contributed by atoms with Crippen LogP contribution in [0.2, 0.25) is 0 Å². The molecular formula is C19H26N4O2. The molecule has 0 radical (unpaired) electrons. The second-order valence-electron chi connectivity index (χ2n) is 8.28. The lowest BCUT2D eigenvalue weighted by Crippen LogP contribution is -2.61. The Kier molecular flexibility index (Phi) is 3.28. The molecule has 2 saturated heterocycles. The van der Waals surface area contributed by atoms with Crippen LogP contribution in [-0.2, 0) is 11.8 Å². The maximum atomic E-state index is 13.3. The lowest BCUT2D eigenvalue weighted by molar-refractivity contribution is -0.146. The molecule has 6 heteroatoms. The van der Waals surface area contributed by atoms with Crippen molar-refractivity contribution in [3.63, 3.8) is 0 Å². The highest BCUT2D eigenvalue weighted by atomic mass is 16.2. The summed E-state index contributed by atoms with van der Waals surface area (Å²) >= 11 is 0. The van der Waals surface area contributed by atoms with Crippen molar-refractivity contribution in [1.29, 1.82) is 0 Å². The number of nitrogens with zero attached hydrogens (tertiary/aromatic N) is 4. The summed E-state index contributed by atoms with van der Waals surface area (Å²) in [5.74, 6) is 0.713. The Balaban J connectivity index is 1.44. The highest BCUT2D eigenvalue weighted by Gasteiger charge is 2.55. The number of carbonyl (C=O) groups is 2. The summed E-state index contributed by atoms with van der Waals surface area (Å²) in [5, 5.41) is 4.49. The van der Waals surface area contributed by atoms with E-state index < -0.39 is 5.54 Å². The van der Waals surface area contributed by atoms with Crippen molar-refractivity contribution >= 4 is 11.8 Å². The van der Waals surface area contributed by atoms with Crippen LogP contribution in [0.4, 0.5) is 0 Å². The van der Waals surface area contributed by atoms with Gasteiger partial charge in [-0.15, -0.1) is 0 Å². The number of rotatable bonds is 3. The molecule has 1 atom stereocenters. The van der Waals surface area contributed by atoms with E-state index >= 15 is 0 Å². The normalized spacial score (nSPS) is 29.7. The molecule has 5 rings (SSSR count). The molecule has 4 fully saturated rings. The number of likely N-dealkylation sites (tertiary alicyclic amines) is 2. The fourth-order valence-electron chi connectivity index (χ4n) is 4.89. The van der Waals surface area contributed by atoms with E-state index in [1.165, 1.54) is 12.8 Å².